The molecule has 1 atom stereocenters. The second-order valence-electron chi connectivity index (χ2n) is 6.13. The van der Waals surface area contributed by atoms with Gasteiger partial charge in [0, 0.05) is 19.5 Å². The van der Waals surface area contributed by atoms with Gasteiger partial charge in [-0.25, -0.2) is 0 Å². The van der Waals surface area contributed by atoms with Crippen molar-refractivity contribution >= 4 is 0 Å². The van der Waals surface area contributed by atoms with Crippen molar-refractivity contribution in [2.45, 2.75) is 45.7 Å². The summed E-state index contributed by atoms with van der Waals surface area (Å²) < 4.78 is 0. The Balaban J connectivity index is 2.05. The summed E-state index contributed by atoms with van der Waals surface area (Å²) in [6, 6.07) is 8.57. The molecule has 1 aliphatic heterocycles. The topological polar surface area (TPSA) is 29.3 Å². The summed E-state index contributed by atoms with van der Waals surface area (Å²) in [4.78, 5) is 2.46. The third-order valence-electron chi connectivity index (χ3n) is 4.32. The monoisotopic (exact) mass is 246 g/mol. The fourth-order valence-electron chi connectivity index (χ4n) is 2.83. The maximum atomic E-state index is 6.56. The molecule has 1 unspecified atom stereocenters. The molecule has 0 aliphatic carbocycles. The van der Waals surface area contributed by atoms with Crippen LogP contribution in [0.5, 0.6) is 0 Å². The van der Waals surface area contributed by atoms with Gasteiger partial charge < -0.3 is 5.73 Å². The van der Waals surface area contributed by atoms with Crippen molar-refractivity contribution in [2.75, 3.05) is 13.1 Å². The molecule has 1 aromatic rings. The summed E-state index contributed by atoms with van der Waals surface area (Å²) in [5, 5.41) is 0. The minimum absolute atomic E-state index is 0.216. The first-order valence-corrected chi connectivity index (χ1v) is 7.07. The maximum Gasteiger partial charge on any atom is 0.0699 e. The van der Waals surface area contributed by atoms with Crippen molar-refractivity contribution in [2.24, 2.45) is 11.7 Å². The first-order valence-electron chi connectivity index (χ1n) is 7.07. The molecule has 0 amide bonds. The molecule has 0 saturated carbocycles. The van der Waals surface area contributed by atoms with Gasteiger partial charge in [-0.2, -0.15) is 0 Å². The molecule has 1 saturated heterocycles. The minimum Gasteiger partial charge on any atom is -0.313 e. The Morgan fingerprint density at radius 2 is 1.89 bits per heavy atom. The fraction of sp³-hybridized carbons (Fsp3) is 0.625. The highest BCUT2D eigenvalue weighted by molar-refractivity contribution is 5.27. The highest BCUT2D eigenvalue weighted by Gasteiger charge is 2.30. The molecular formula is C16H26N2. The molecule has 0 radical (unpaired) electrons. The molecule has 0 spiro atoms. The van der Waals surface area contributed by atoms with Crippen LogP contribution in [0.15, 0.2) is 24.3 Å². The fourth-order valence-corrected chi connectivity index (χ4v) is 2.83. The summed E-state index contributed by atoms with van der Waals surface area (Å²) in [6.07, 6.45) is 3.50. The van der Waals surface area contributed by atoms with Crippen LogP contribution in [0.1, 0.15) is 37.8 Å². The number of aryl methyl sites for hydroxylation is 1. The first-order chi connectivity index (χ1) is 8.49. The van der Waals surface area contributed by atoms with Crippen molar-refractivity contribution in [3.63, 3.8) is 0 Å². The Morgan fingerprint density at radius 3 is 2.50 bits per heavy atom. The summed E-state index contributed by atoms with van der Waals surface area (Å²) in [6.45, 7) is 8.96. The number of likely N-dealkylation sites (tertiary alicyclic amines) is 1. The first kappa shape index (κ1) is 13.6. The molecule has 1 fully saturated rings. The lowest BCUT2D eigenvalue weighted by Crippen LogP contribution is -2.57. The Morgan fingerprint density at radius 1 is 1.28 bits per heavy atom. The zero-order valence-corrected chi connectivity index (χ0v) is 11.9. The molecule has 2 heteroatoms. The molecule has 2 N–H and O–H groups in total. The lowest BCUT2D eigenvalue weighted by Gasteiger charge is -2.42. The standard InChI is InChI=1S/C16H26N2/c1-13-8-10-18(11-9-13)16(3,17)12-15-7-5-4-6-14(15)2/h4-7,13H,8-12,17H2,1-3H3. The van der Waals surface area contributed by atoms with Crippen LogP contribution in [0, 0.1) is 12.8 Å². The molecule has 0 aromatic heterocycles. The number of piperidine rings is 1. The molecule has 2 rings (SSSR count). The van der Waals surface area contributed by atoms with E-state index in [0.29, 0.717) is 0 Å². The number of rotatable bonds is 3. The summed E-state index contributed by atoms with van der Waals surface area (Å²) in [7, 11) is 0. The van der Waals surface area contributed by atoms with Gasteiger partial charge in [-0.15, -0.1) is 0 Å². The molecule has 1 aromatic carbocycles. The number of hydrogen-bond donors (Lipinski definition) is 1. The Hall–Kier alpha value is -0.860. The zero-order valence-electron chi connectivity index (χ0n) is 11.9. The molecule has 18 heavy (non-hydrogen) atoms. The van der Waals surface area contributed by atoms with E-state index in [1.54, 1.807) is 0 Å². The van der Waals surface area contributed by atoms with Crippen LogP contribution in [-0.4, -0.2) is 23.7 Å². The Bertz CT molecular complexity index is 390. The van der Waals surface area contributed by atoms with Gasteiger partial charge in [0.2, 0.25) is 0 Å². The number of benzene rings is 1. The van der Waals surface area contributed by atoms with E-state index in [1.807, 2.05) is 0 Å². The molecule has 1 aliphatic rings. The van der Waals surface area contributed by atoms with Crippen molar-refractivity contribution in [1.82, 2.24) is 4.90 Å². The van der Waals surface area contributed by atoms with Crippen molar-refractivity contribution < 1.29 is 0 Å². The van der Waals surface area contributed by atoms with Gasteiger partial charge in [0.1, 0.15) is 0 Å². The average Bonchev–Trinajstić information content (AvgIpc) is 2.32. The van der Waals surface area contributed by atoms with Gasteiger partial charge in [-0.3, -0.25) is 4.90 Å². The summed E-state index contributed by atoms with van der Waals surface area (Å²) in [5.74, 6) is 0.857. The predicted molar refractivity (Wildman–Crippen MR) is 77.4 cm³/mol. The predicted octanol–water partition coefficient (Wildman–Crippen LogP) is 2.94. The molecule has 1 heterocycles. The van der Waals surface area contributed by atoms with Gasteiger partial charge in [0.15, 0.2) is 0 Å². The minimum atomic E-state index is -0.216. The van der Waals surface area contributed by atoms with Crippen molar-refractivity contribution in [3.8, 4) is 0 Å². The Labute approximate surface area is 111 Å². The van der Waals surface area contributed by atoms with Crippen LogP contribution in [0.25, 0.3) is 0 Å². The van der Waals surface area contributed by atoms with Gasteiger partial charge in [-0.1, -0.05) is 31.2 Å². The smallest absolute Gasteiger partial charge is 0.0699 e. The van der Waals surface area contributed by atoms with Crippen LogP contribution in [0.4, 0.5) is 0 Å². The van der Waals surface area contributed by atoms with Crippen LogP contribution in [0.2, 0.25) is 0 Å². The third kappa shape index (κ3) is 3.12. The van der Waals surface area contributed by atoms with E-state index < -0.39 is 0 Å². The highest BCUT2D eigenvalue weighted by atomic mass is 15.3. The SMILES string of the molecule is Cc1ccccc1CC(C)(N)N1CCC(C)CC1. The van der Waals surface area contributed by atoms with Crippen molar-refractivity contribution in [3.05, 3.63) is 35.4 Å². The van der Waals surface area contributed by atoms with Gasteiger partial charge in [0.25, 0.3) is 0 Å². The molecule has 100 valence electrons. The third-order valence-corrected chi connectivity index (χ3v) is 4.32. The molecule has 0 bridgehead atoms. The van der Waals surface area contributed by atoms with Crippen LogP contribution in [-0.2, 0) is 6.42 Å². The quantitative estimate of drug-likeness (QED) is 0.888. The normalized spacial score (nSPS) is 21.8. The van der Waals surface area contributed by atoms with Gasteiger partial charge in [0.05, 0.1) is 5.66 Å². The van der Waals surface area contributed by atoms with Crippen LogP contribution >= 0.6 is 0 Å². The highest BCUT2D eigenvalue weighted by Crippen LogP contribution is 2.24. The van der Waals surface area contributed by atoms with Crippen LogP contribution < -0.4 is 5.73 Å². The van der Waals surface area contributed by atoms with E-state index in [-0.39, 0.29) is 5.66 Å². The number of hydrogen-bond acceptors (Lipinski definition) is 2. The van der Waals surface area contributed by atoms with Crippen molar-refractivity contribution in [1.29, 1.82) is 0 Å². The number of nitrogens with zero attached hydrogens (tertiary/aromatic N) is 1. The lowest BCUT2D eigenvalue weighted by atomic mass is 9.92. The van der Waals surface area contributed by atoms with Crippen LogP contribution in [0.3, 0.4) is 0 Å². The van der Waals surface area contributed by atoms with E-state index in [9.17, 15) is 0 Å². The number of nitrogens with two attached hydrogens (primary N) is 1. The summed E-state index contributed by atoms with van der Waals surface area (Å²) in [5.41, 5.74) is 9.07. The van der Waals surface area contributed by atoms with E-state index in [2.05, 4.69) is 49.9 Å². The van der Waals surface area contributed by atoms with E-state index in [0.717, 1.165) is 25.4 Å². The average molecular weight is 246 g/mol. The molecule has 2 nitrogen and oxygen atoms in total. The lowest BCUT2D eigenvalue weighted by molar-refractivity contribution is 0.0694. The second kappa shape index (κ2) is 5.41. The van der Waals surface area contributed by atoms with Gasteiger partial charge >= 0.3 is 0 Å². The van der Waals surface area contributed by atoms with E-state index in [1.165, 1.54) is 24.0 Å². The largest absolute Gasteiger partial charge is 0.313 e. The van der Waals surface area contributed by atoms with E-state index >= 15 is 0 Å². The Kier molecular flexibility index (Phi) is 4.08. The zero-order chi connectivity index (χ0) is 13.2. The molecular weight excluding hydrogens is 220 g/mol. The van der Waals surface area contributed by atoms with E-state index in [4.69, 9.17) is 5.73 Å². The second-order valence-corrected chi connectivity index (χ2v) is 6.13. The summed E-state index contributed by atoms with van der Waals surface area (Å²) >= 11 is 0. The van der Waals surface area contributed by atoms with Gasteiger partial charge in [-0.05, 0) is 43.7 Å². The maximum absolute atomic E-state index is 6.56.